The third-order valence-electron chi connectivity index (χ3n) is 3.66. The molecular weight excluding hydrogens is 256 g/mol. The molecular formula is C11H20N2O4S. The first-order chi connectivity index (χ1) is 8.46. The summed E-state index contributed by atoms with van der Waals surface area (Å²) in [6.45, 7) is 0.411. The zero-order valence-corrected chi connectivity index (χ0v) is 11.1. The van der Waals surface area contributed by atoms with Crippen LogP contribution in [0.4, 0.5) is 0 Å². The summed E-state index contributed by atoms with van der Waals surface area (Å²) >= 11 is 0. The average molecular weight is 276 g/mol. The van der Waals surface area contributed by atoms with Crippen molar-refractivity contribution in [2.45, 2.75) is 44.6 Å². The molecule has 0 atom stereocenters. The SMILES string of the molecule is O=C(O)C1CCC(CNS(=O)(=O)NC2CC2)CC1. The van der Waals surface area contributed by atoms with E-state index in [2.05, 4.69) is 9.44 Å². The Labute approximate surface area is 107 Å². The van der Waals surface area contributed by atoms with E-state index in [0.29, 0.717) is 19.4 Å². The molecule has 0 aromatic heterocycles. The lowest BCUT2D eigenvalue weighted by atomic mass is 9.82. The molecule has 3 N–H and O–H groups in total. The van der Waals surface area contributed by atoms with Crippen molar-refractivity contribution >= 4 is 16.2 Å². The van der Waals surface area contributed by atoms with Crippen LogP contribution >= 0.6 is 0 Å². The van der Waals surface area contributed by atoms with Crippen molar-refractivity contribution in [1.82, 2.24) is 9.44 Å². The number of carboxylic acids is 1. The monoisotopic (exact) mass is 276 g/mol. The van der Waals surface area contributed by atoms with Gasteiger partial charge in [0.05, 0.1) is 5.92 Å². The Kier molecular flexibility index (Phi) is 4.24. The average Bonchev–Trinajstić information content (AvgIpc) is 3.10. The van der Waals surface area contributed by atoms with Gasteiger partial charge in [0.2, 0.25) is 0 Å². The van der Waals surface area contributed by atoms with Gasteiger partial charge in [0.15, 0.2) is 0 Å². The molecule has 2 aliphatic carbocycles. The van der Waals surface area contributed by atoms with E-state index in [1.807, 2.05) is 0 Å². The minimum atomic E-state index is -3.36. The molecule has 104 valence electrons. The third-order valence-corrected chi connectivity index (χ3v) is 4.85. The Morgan fingerprint density at radius 2 is 1.72 bits per heavy atom. The van der Waals surface area contributed by atoms with Crippen LogP contribution < -0.4 is 9.44 Å². The van der Waals surface area contributed by atoms with Gasteiger partial charge in [-0.2, -0.15) is 13.1 Å². The molecule has 0 heterocycles. The molecule has 2 rings (SSSR count). The molecule has 2 aliphatic rings. The van der Waals surface area contributed by atoms with Gasteiger partial charge in [-0.3, -0.25) is 4.79 Å². The second kappa shape index (κ2) is 5.54. The molecule has 7 heteroatoms. The Balaban J connectivity index is 1.69. The molecule has 18 heavy (non-hydrogen) atoms. The van der Waals surface area contributed by atoms with Crippen LogP contribution in [0.25, 0.3) is 0 Å². The summed E-state index contributed by atoms with van der Waals surface area (Å²) in [4.78, 5) is 10.8. The number of hydrogen-bond donors (Lipinski definition) is 3. The van der Waals surface area contributed by atoms with E-state index >= 15 is 0 Å². The summed E-state index contributed by atoms with van der Waals surface area (Å²) in [5.41, 5.74) is 0. The van der Waals surface area contributed by atoms with Gasteiger partial charge in [-0.05, 0) is 44.4 Å². The van der Waals surface area contributed by atoms with Crippen LogP contribution in [-0.4, -0.2) is 32.1 Å². The van der Waals surface area contributed by atoms with Crippen molar-refractivity contribution in [1.29, 1.82) is 0 Å². The van der Waals surface area contributed by atoms with Crippen molar-refractivity contribution in [3.63, 3.8) is 0 Å². The maximum Gasteiger partial charge on any atom is 0.306 e. The largest absolute Gasteiger partial charge is 0.481 e. The van der Waals surface area contributed by atoms with Crippen LogP contribution in [0.3, 0.4) is 0 Å². The van der Waals surface area contributed by atoms with Crippen LogP contribution in [-0.2, 0) is 15.0 Å². The van der Waals surface area contributed by atoms with E-state index in [1.165, 1.54) is 0 Å². The number of aliphatic carboxylic acids is 1. The number of carboxylic acid groups (broad SMARTS) is 1. The van der Waals surface area contributed by atoms with Crippen molar-refractivity contribution in [2.75, 3.05) is 6.54 Å². The predicted octanol–water partition coefficient (Wildman–Crippen LogP) is 0.464. The fraction of sp³-hybridized carbons (Fsp3) is 0.909. The Morgan fingerprint density at radius 3 is 2.22 bits per heavy atom. The molecule has 0 saturated heterocycles. The maximum absolute atomic E-state index is 11.6. The highest BCUT2D eigenvalue weighted by Crippen LogP contribution is 2.28. The minimum Gasteiger partial charge on any atom is -0.481 e. The van der Waals surface area contributed by atoms with E-state index in [9.17, 15) is 13.2 Å². The highest BCUT2D eigenvalue weighted by Gasteiger charge is 2.29. The molecule has 0 spiro atoms. The van der Waals surface area contributed by atoms with E-state index in [-0.39, 0.29) is 17.9 Å². The first-order valence-electron chi connectivity index (χ1n) is 6.46. The van der Waals surface area contributed by atoms with Crippen LogP contribution in [0.1, 0.15) is 38.5 Å². The first-order valence-corrected chi connectivity index (χ1v) is 7.94. The van der Waals surface area contributed by atoms with E-state index < -0.39 is 16.2 Å². The van der Waals surface area contributed by atoms with E-state index in [0.717, 1.165) is 25.7 Å². The van der Waals surface area contributed by atoms with E-state index in [1.54, 1.807) is 0 Å². The second-order valence-electron chi connectivity index (χ2n) is 5.30. The van der Waals surface area contributed by atoms with Gasteiger partial charge in [0, 0.05) is 12.6 Å². The van der Waals surface area contributed by atoms with Gasteiger partial charge < -0.3 is 5.11 Å². The normalized spacial score (nSPS) is 29.1. The van der Waals surface area contributed by atoms with Gasteiger partial charge in [-0.25, -0.2) is 4.72 Å². The number of hydrogen-bond acceptors (Lipinski definition) is 3. The van der Waals surface area contributed by atoms with Crippen LogP contribution in [0, 0.1) is 11.8 Å². The molecule has 0 aromatic rings. The highest BCUT2D eigenvalue weighted by molar-refractivity contribution is 7.87. The van der Waals surface area contributed by atoms with Crippen LogP contribution in [0.2, 0.25) is 0 Å². The van der Waals surface area contributed by atoms with Crippen molar-refractivity contribution in [3.05, 3.63) is 0 Å². The summed E-state index contributed by atoms with van der Waals surface area (Å²) in [7, 11) is -3.36. The smallest absolute Gasteiger partial charge is 0.306 e. The molecule has 0 radical (unpaired) electrons. The summed E-state index contributed by atoms with van der Waals surface area (Å²) in [5, 5.41) is 8.87. The summed E-state index contributed by atoms with van der Waals surface area (Å²) in [6.07, 6.45) is 4.71. The zero-order valence-electron chi connectivity index (χ0n) is 10.3. The maximum atomic E-state index is 11.6. The molecule has 0 aliphatic heterocycles. The summed E-state index contributed by atoms with van der Waals surface area (Å²) in [5.74, 6) is -0.719. The molecule has 0 amide bonds. The van der Waals surface area contributed by atoms with Gasteiger partial charge in [-0.1, -0.05) is 0 Å². The fourth-order valence-electron chi connectivity index (χ4n) is 2.30. The standard InChI is InChI=1S/C11H20N2O4S/c14-11(15)9-3-1-8(2-4-9)7-12-18(16,17)13-10-5-6-10/h8-10,12-13H,1-7H2,(H,14,15). The number of rotatable bonds is 6. The van der Waals surface area contributed by atoms with Crippen LogP contribution in [0.5, 0.6) is 0 Å². The molecule has 6 nitrogen and oxygen atoms in total. The summed E-state index contributed by atoms with van der Waals surface area (Å²) in [6, 6.07) is 0.116. The van der Waals surface area contributed by atoms with Crippen molar-refractivity contribution in [3.8, 4) is 0 Å². The van der Waals surface area contributed by atoms with Gasteiger partial charge in [0.1, 0.15) is 0 Å². The van der Waals surface area contributed by atoms with Crippen molar-refractivity contribution in [2.24, 2.45) is 11.8 Å². The Bertz CT molecular complexity index is 397. The lowest BCUT2D eigenvalue weighted by Gasteiger charge is -2.26. The lowest BCUT2D eigenvalue weighted by Crippen LogP contribution is -2.40. The molecule has 0 unspecified atom stereocenters. The van der Waals surface area contributed by atoms with Gasteiger partial charge in [0.25, 0.3) is 10.2 Å². The Hall–Kier alpha value is -0.660. The second-order valence-corrected chi connectivity index (χ2v) is 6.83. The molecule has 2 fully saturated rings. The molecule has 0 bridgehead atoms. The number of nitrogens with one attached hydrogen (secondary N) is 2. The zero-order chi connectivity index (χ0) is 13.2. The molecule has 0 aromatic carbocycles. The predicted molar refractivity (Wildman–Crippen MR) is 66.2 cm³/mol. The minimum absolute atomic E-state index is 0.116. The van der Waals surface area contributed by atoms with E-state index in [4.69, 9.17) is 5.11 Å². The lowest BCUT2D eigenvalue weighted by molar-refractivity contribution is -0.143. The first kappa shape index (κ1) is 13.8. The van der Waals surface area contributed by atoms with Crippen LogP contribution in [0.15, 0.2) is 0 Å². The molecule has 2 saturated carbocycles. The van der Waals surface area contributed by atoms with Gasteiger partial charge in [-0.15, -0.1) is 0 Å². The fourth-order valence-corrected chi connectivity index (χ4v) is 3.52. The highest BCUT2D eigenvalue weighted by atomic mass is 32.2. The third kappa shape index (κ3) is 4.22. The quantitative estimate of drug-likeness (QED) is 0.657. The topological polar surface area (TPSA) is 95.5 Å². The summed E-state index contributed by atoms with van der Waals surface area (Å²) < 4.78 is 28.3. The van der Waals surface area contributed by atoms with Gasteiger partial charge >= 0.3 is 5.97 Å². The van der Waals surface area contributed by atoms with Crippen molar-refractivity contribution < 1.29 is 18.3 Å². The Morgan fingerprint density at radius 1 is 1.11 bits per heavy atom. The number of carbonyl (C=O) groups is 1.